The first-order chi connectivity index (χ1) is 14.6. The monoisotopic (exact) mass is 401 g/mol. The molecule has 0 saturated carbocycles. The summed E-state index contributed by atoms with van der Waals surface area (Å²) in [6, 6.07) is 26.7. The second kappa shape index (κ2) is 9.14. The number of rotatable bonds is 6. The fourth-order valence-corrected chi connectivity index (χ4v) is 4.23. The molecule has 4 rings (SSSR count). The van der Waals surface area contributed by atoms with Crippen LogP contribution in [0.2, 0.25) is 0 Å². The molecule has 0 aliphatic carbocycles. The number of para-hydroxylation sites is 1. The molecule has 0 amide bonds. The summed E-state index contributed by atoms with van der Waals surface area (Å²) < 4.78 is 6.07. The quantitative estimate of drug-likeness (QED) is 0.578. The van der Waals surface area contributed by atoms with Gasteiger partial charge in [-0.15, -0.1) is 0 Å². The van der Waals surface area contributed by atoms with Crippen molar-refractivity contribution in [2.45, 2.75) is 25.8 Å². The number of carboxylic acid groups (broad SMARTS) is 1. The van der Waals surface area contributed by atoms with Gasteiger partial charge in [0.25, 0.3) is 0 Å². The van der Waals surface area contributed by atoms with Crippen molar-refractivity contribution in [3.63, 3.8) is 0 Å². The van der Waals surface area contributed by atoms with Gasteiger partial charge < -0.3 is 9.84 Å². The Hall–Kier alpha value is -3.11. The molecule has 0 bridgehead atoms. The zero-order chi connectivity index (χ0) is 20.9. The molecule has 4 heteroatoms. The van der Waals surface area contributed by atoms with Crippen LogP contribution in [-0.4, -0.2) is 29.1 Å². The summed E-state index contributed by atoms with van der Waals surface area (Å²) in [7, 11) is 0. The molecule has 4 nitrogen and oxygen atoms in total. The van der Waals surface area contributed by atoms with Crippen molar-refractivity contribution in [1.29, 1.82) is 0 Å². The molecule has 0 aromatic heterocycles. The Kier molecular flexibility index (Phi) is 6.15. The van der Waals surface area contributed by atoms with Crippen LogP contribution in [0, 0.1) is 12.8 Å². The van der Waals surface area contributed by atoms with Crippen molar-refractivity contribution in [3.05, 3.63) is 95.6 Å². The molecule has 154 valence electrons. The van der Waals surface area contributed by atoms with Gasteiger partial charge in [0.05, 0.1) is 12.0 Å². The molecule has 1 saturated heterocycles. The summed E-state index contributed by atoms with van der Waals surface area (Å²) in [6.07, 6.45) is 1.36. The Bertz CT molecular complexity index is 994. The van der Waals surface area contributed by atoms with Crippen LogP contribution in [0.25, 0.3) is 0 Å². The summed E-state index contributed by atoms with van der Waals surface area (Å²) in [5.74, 6) is 0.688. The highest BCUT2D eigenvalue weighted by Crippen LogP contribution is 2.35. The lowest BCUT2D eigenvalue weighted by Crippen LogP contribution is -2.39. The van der Waals surface area contributed by atoms with E-state index in [2.05, 4.69) is 48.2 Å². The number of hydrogen-bond donors (Lipinski definition) is 1. The molecule has 1 atom stereocenters. The number of nitrogens with zero attached hydrogens (tertiary/aromatic N) is 1. The van der Waals surface area contributed by atoms with E-state index in [4.69, 9.17) is 4.74 Å². The molecule has 1 heterocycles. The molecule has 3 aromatic carbocycles. The van der Waals surface area contributed by atoms with E-state index in [-0.39, 0.29) is 12.0 Å². The maximum atomic E-state index is 11.4. The minimum atomic E-state index is -0.681. The molecule has 1 unspecified atom stereocenters. The third-order valence-corrected chi connectivity index (χ3v) is 5.75. The molecular formula is C26H27NO3. The van der Waals surface area contributed by atoms with Gasteiger partial charge in [-0.3, -0.25) is 9.69 Å². The smallest absolute Gasteiger partial charge is 0.306 e. The van der Waals surface area contributed by atoms with Crippen LogP contribution in [0.4, 0.5) is 0 Å². The van der Waals surface area contributed by atoms with Crippen molar-refractivity contribution in [1.82, 2.24) is 4.90 Å². The number of ether oxygens (including phenoxy) is 1. The fraction of sp³-hybridized carbons (Fsp3) is 0.269. The first kappa shape index (κ1) is 20.2. The van der Waals surface area contributed by atoms with E-state index in [1.54, 1.807) is 0 Å². The minimum Gasteiger partial charge on any atom is -0.481 e. The zero-order valence-electron chi connectivity index (χ0n) is 17.2. The molecule has 30 heavy (non-hydrogen) atoms. The SMILES string of the molecule is Cc1cccc(C(c2cccc(Oc3ccccc3)c2)N2CCC(C(=O)O)CC2)c1. The Morgan fingerprint density at radius 1 is 0.900 bits per heavy atom. The number of likely N-dealkylation sites (tertiary alicyclic amines) is 1. The number of aryl methyl sites for hydroxylation is 1. The lowest BCUT2D eigenvalue weighted by molar-refractivity contribution is -0.143. The Morgan fingerprint density at radius 3 is 2.20 bits per heavy atom. The Labute approximate surface area is 177 Å². The Balaban J connectivity index is 1.64. The van der Waals surface area contributed by atoms with Gasteiger partial charge in [0.1, 0.15) is 11.5 Å². The van der Waals surface area contributed by atoms with Crippen LogP contribution in [0.5, 0.6) is 11.5 Å². The molecule has 1 aliphatic rings. The van der Waals surface area contributed by atoms with Crippen LogP contribution in [-0.2, 0) is 4.79 Å². The summed E-state index contributed by atoms with van der Waals surface area (Å²) in [5.41, 5.74) is 3.60. The van der Waals surface area contributed by atoms with Crippen molar-refractivity contribution in [2.75, 3.05) is 13.1 Å². The highest BCUT2D eigenvalue weighted by atomic mass is 16.5. The number of benzene rings is 3. The number of carbonyl (C=O) groups is 1. The molecule has 3 aromatic rings. The second-order valence-electron chi connectivity index (χ2n) is 7.95. The van der Waals surface area contributed by atoms with Gasteiger partial charge in [-0.05, 0) is 68.2 Å². The summed E-state index contributed by atoms with van der Waals surface area (Å²) in [6.45, 7) is 3.63. The van der Waals surface area contributed by atoms with E-state index < -0.39 is 5.97 Å². The van der Waals surface area contributed by atoms with Crippen LogP contribution in [0.3, 0.4) is 0 Å². The number of aliphatic carboxylic acids is 1. The van der Waals surface area contributed by atoms with Crippen molar-refractivity contribution < 1.29 is 14.6 Å². The van der Waals surface area contributed by atoms with E-state index >= 15 is 0 Å². The predicted octanol–water partition coefficient (Wildman–Crippen LogP) is 5.67. The van der Waals surface area contributed by atoms with Gasteiger partial charge in [0, 0.05) is 0 Å². The largest absolute Gasteiger partial charge is 0.481 e. The average molecular weight is 402 g/mol. The van der Waals surface area contributed by atoms with Gasteiger partial charge in [-0.2, -0.15) is 0 Å². The van der Waals surface area contributed by atoms with Gasteiger partial charge >= 0.3 is 5.97 Å². The van der Waals surface area contributed by atoms with Crippen LogP contribution >= 0.6 is 0 Å². The highest BCUT2D eigenvalue weighted by Gasteiger charge is 2.30. The average Bonchev–Trinajstić information content (AvgIpc) is 2.75. The highest BCUT2D eigenvalue weighted by molar-refractivity contribution is 5.70. The topological polar surface area (TPSA) is 49.8 Å². The van der Waals surface area contributed by atoms with E-state index in [1.807, 2.05) is 42.5 Å². The van der Waals surface area contributed by atoms with Crippen LogP contribution < -0.4 is 4.74 Å². The third kappa shape index (κ3) is 4.71. The van der Waals surface area contributed by atoms with Gasteiger partial charge in [-0.25, -0.2) is 0 Å². The molecular weight excluding hydrogens is 374 g/mol. The van der Waals surface area contributed by atoms with E-state index in [1.165, 1.54) is 11.1 Å². The number of hydrogen-bond acceptors (Lipinski definition) is 3. The molecule has 0 radical (unpaired) electrons. The first-order valence-corrected chi connectivity index (χ1v) is 10.5. The predicted molar refractivity (Wildman–Crippen MR) is 118 cm³/mol. The number of carboxylic acids is 1. The standard InChI is InChI=1S/C26H27NO3/c1-19-7-5-8-21(17-19)25(27-15-13-20(14-16-27)26(28)29)22-9-6-12-24(18-22)30-23-10-3-2-4-11-23/h2-12,17-18,20,25H,13-16H2,1H3,(H,28,29). The van der Waals surface area contributed by atoms with Gasteiger partial charge in [0.2, 0.25) is 0 Å². The normalized spacial score (nSPS) is 16.2. The number of piperidine rings is 1. The summed E-state index contributed by atoms with van der Waals surface area (Å²) >= 11 is 0. The zero-order valence-corrected chi connectivity index (χ0v) is 17.2. The lowest BCUT2D eigenvalue weighted by Gasteiger charge is -2.37. The maximum absolute atomic E-state index is 11.4. The van der Waals surface area contributed by atoms with E-state index in [0.29, 0.717) is 12.8 Å². The minimum absolute atomic E-state index is 0.0685. The summed E-state index contributed by atoms with van der Waals surface area (Å²) in [5, 5.41) is 9.38. The Morgan fingerprint density at radius 2 is 1.53 bits per heavy atom. The summed E-state index contributed by atoms with van der Waals surface area (Å²) in [4.78, 5) is 13.8. The van der Waals surface area contributed by atoms with Crippen molar-refractivity contribution >= 4 is 5.97 Å². The van der Waals surface area contributed by atoms with Crippen LogP contribution in [0.1, 0.15) is 35.6 Å². The van der Waals surface area contributed by atoms with Gasteiger partial charge in [-0.1, -0.05) is 60.2 Å². The molecule has 0 spiro atoms. The molecule has 1 N–H and O–H groups in total. The van der Waals surface area contributed by atoms with Crippen molar-refractivity contribution in [3.8, 4) is 11.5 Å². The lowest BCUT2D eigenvalue weighted by atomic mass is 9.91. The second-order valence-corrected chi connectivity index (χ2v) is 7.95. The molecule has 1 fully saturated rings. The first-order valence-electron chi connectivity index (χ1n) is 10.5. The third-order valence-electron chi connectivity index (χ3n) is 5.75. The fourth-order valence-electron chi connectivity index (χ4n) is 4.23. The van der Waals surface area contributed by atoms with Crippen molar-refractivity contribution in [2.24, 2.45) is 5.92 Å². The van der Waals surface area contributed by atoms with E-state index in [0.717, 1.165) is 30.2 Å². The van der Waals surface area contributed by atoms with E-state index in [9.17, 15) is 9.90 Å². The molecule has 1 aliphatic heterocycles. The van der Waals surface area contributed by atoms with Gasteiger partial charge in [0.15, 0.2) is 0 Å². The van der Waals surface area contributed by atoms with Crippen LogP contribution in [0.15, 0.2) is 78.9 Å². The maximum Gasteiger partial charge on any atom is 0.306 e.